The molecule has 4 nitrogen and oxygen atoms in total. The normalized spacial score (nSPS) is 18.3. The van der Waals surface area contributed by atoms with Crippen LogP contribution in [0.4, 0.5) is 5.69 Å². The Kier molecular flexibility index (Phi) is 7.05. The van der Waals surface area contributed by atoms with Gasteiger partial charge in [-0.25, -0.2) is 0 Å². The van der Waals surface area contributed by atoms with Gasteiger partial charge in [0.2, 0.25) is 5.91 Å². The number of nitrogens with one attached hydrogen (secondary N) is 2. The molecule has 1 aliphatic rings. The summed E-state index contributed by atoms with van der Waals surface area (Å²) in [4.78, 5) is 11.8. The molecule has 2 N–H and O–H groups in total. The minimum Gasteiger partial charge on any atom is -0.497 e. The van der Waals surface area contributed by atoms with E-state index in [0.717, 1.165) is 29.5 Å². The van der Waals surface area contributed by atoms with Crippen LogP contribution in [-0.4, -0.2) is 37.1 Å². The smallest absolute Gasteiger partial charge is 0.225 e. The van der Waals surface area contributed by atoms with Gasteiger partial charge in [-0.3, -0.25) is 4.79 Å². The number of benzene rings is 1. The van der Waals surface area contributed by atoms with E-state index in [-0.39, 0.29) is 18.3 Å². The van der Waals surface area contributed by atoms with E-state index in [9.17, 15) is 4.79 Å². The lowest BCUT2D eigenvalue weighted by atomic mass is 10.2. The van der Waals surface area contributed by atoms with Crippen LogP contribution in [0.25, 0.3) is 0 Å². The molecule has 0 radical (unpaired) electrons. The third-order valence-electron chi connectivity index (χ3n) is 2.80. The van der Waals surface area contributed by atoms with E-state index >= 15 is 0 Å². The summed E-state index contributed by atoms with van der Waals surface area (Å²) in [5, 5.41) is 6.25. The van der Waals surface area contributed by atoms with Gasteiger partial charge < -0.3 is 15.4 Å². The number of ether oxygens (including phenoxy) is 1. The number of carbonyl (C=O) groups is 1. The molecule has 1 aliphatic heterocycles. The summed E-state index contributed by atoms with van der Waals surface area (Å²) in [6.45, 7) is 0.991. The number of rotatable bonds is 4. The van der Waals surface area contributed by atoms with Crippen molar-refractivity contribution in [1.29, 1.82) is 0 Å². The highest BCUT2D eigenvalue weighted by Gasteiger charge is 2.16. The topological polar surface area (TPSA) is 50.4 Å². The Morgan fingerprint density at radius 3 is 2.79 bits per heavy atom. The maximum absolute atomic E-state index is 11.8. The maximum Gasteiger partial charge on any atom is 0.225 e. The molecule has 0 spiro atoms. The van der Waals surface area contributed by atoms with Gasteiger partial charge in [0.15, 0.2) is 0 Å². The molecular formula is C13H19ClN2O2S. The molecule has 1 aromatic rings. The predicted molar refractivity (Wildman–Crippen MR) is 82.6 cm³/mol. The zero-order valence-electron chi connectivity index (χ0n) is 10.8. The lowest BCUT2D eigenvalue weighted by Crippen LogP contribution is -2.39. The summed E-state index contributed by atoms with van der Waals surface area (Å²) >= 11 is 1.90. The molecule has 1 saturated heterocycles. The largest absolute Gasteiger partial charge is 0.497 e. The highest BCUT2D eigenvalue weighted by molar-refractivity contribution is 7.99. The molecule has 106 valence electrons. The van der Waals surface area contributed by atoms with Crippen molar-refractivity contribution >= 4 is 35.8 Å². The third kappa shape index (κ3) is 5.30. The fourth-order valence-corrected chi connectivity index (χ4v) is 2.81. The van der Waals surface area contributed by atoms with Gasteiger partial charge in [0.25, 0.3) is 0 Å². The summed E-state index contributed by atoms with van der Waals surface area (Å²) in [6.07, 6.45) is 0.527. The molecule has 1 unspecified atom stereocenters. The SMILES string of the molecule is COc1ccc(NC(=O)CC2CSCCN2)cc1.Cl. The second kappa shape index (κ2) is 8.30. The molecule has 0 saturated carbocycles. The Morgan fingerprint density at radius 1 is 1.47 bits per heavy atom. The molecule has 2 rings (SSSR count). The van der Waals surface area contributed by atoms with Crippen LogP contribution >= 0.6 is 24.2 Å². The molecule has 19 heavy (non-hydrogen) atoms. The van der Waals surface area contributed by atoms with Gasteiger partial charge in [-0.1, -0.05) is 0 Å². The summed E-state index contributed by atoms with van der Waals surface area (Å²) in [5.74, 6) is 2.99. The van der Waals surface area contributed by atoms with Crippen LogP contribution in [0.5, 0.6) is 5.75 Å². The van der Waals surface area contributed by atoms with E-state index in [1.54, 1.807) is 7.11 Å². The van der Waals surface area contributed by atoms with Crippen LogP contribution in [0, 0.1) is 0 Å². The van der Waals surface area contributed by atoms with Crippen molar-refractivity contribution in [3.05, 3.63) is 24.3 Å². The monoisotopic (exact) mass is 302 g/mol. The second-order valence-corrected chi connectivity index (χ2v) is 5.36. The fourth-order valence-electron chi connectivity index (χ4n) is 1.86. The zero-order chi connectivity index (χ0) is 12.8. The van der Waals surface area contributed by atoms with Gasteiger partial charge in [0.1, 0.15) is 5.75 Å². The molecule has 1 aromatic carbocycles. The average molecular weight is 303 g/mol. The van der Waals surface area contributed by atoms with Crippen molar-refractivity contribution in [2.75, 3.05) is 30.5 Å². The van der Waals surface area contributed by atoms with E-state index in [2.05, 4.69) is 10.6 Å². The zero-order valence-corrected chi connectivity index (χ0v) is 12.5. The molecule has 1 heterocycles. The fraction of sp³-hybridized carbons (Fsp3) is 0.462. The second-order valence-electron chi connectivity index (χ2n) is 4.21. The number of carbonyl (C=O) groups excluding carboxylic acids is 1. The Morgan fingerprint density at radius 2 is 2.21 bits per heavy atom. The van der Waals surface area contributed by atoms with Crippen LogP contribution in [-0.2, 0) is 4.79 Å². The van der Waals surface area contributed by atoms with Gasteiger partial charge in [0.05, 0.1) is 7.11 Å². The lowest BCUT2D eigenvalue weighted by Gasteiger charge is -2.22. The van der Waals surface area contributed by atoms with Crippen molar-refractivity contribution < 1.29 is 9.53 Å². The molecule has 1 atom stereocenters. The van der Waals surface area contributed by atoms with Crippen molar-refractivity contribution in [3.8, 4) is 5.75 Å². The molecule has 1 fully saturated rings. The van der Waals surface area contributed by atoms with Crippen LogP contribution in [0.2, 0.25) is 0 Å². The number of hydrogen-bond donors (Lipinski definition) is 2. The van der Waals surface area contributed by atoms with Crippen LogP contribution in [0.15, 0.2) is 24.3 Å². The van der Waals surface area contributed by atoms with Crippen molar-refractivity contribution in [2.24, 2.45) is 0 Å². The third-order valence-corrected chi connectivity index (χ3v) is 3.93. The summed E-state index contributed by atoms with van der Waals surface area (Å²) in [5.41, 5.74) is 0.810. The van der Waals surface area contributed by atoms with Crippen LogP contribution < -0.4 is 15.4 Å². The first-order valence-corrected chi connectivity index (χ1v) is 7.18. The highest BCUT2D eigenvalue weighted by Crippen LogP contribution is 2.16. The molecule has 1 amide bonds. The summed E-state index contributed by atoms with van der Waals surface area (Å²) < 4.78 is 5.07. The molecule has 0 aromatic heterocycles. The summed E-state index contributed by atoms with van der Waals surface area (Å²) in [6, 6.07) is 7.66. The number of halogens is 1. The molecular weight excluding hydrogens is 284 g/mol. The van der Waals surface area contributed by atoms with E-state index in [1.165, 1.54) is 0 Å². The number of anilines is 1. The number of amides is 1. The van der Waals surface area contributed by atoms with E-state index in [1.807, 2.05) is 36.0 Å². The van der Waals surface area contributed by atoms with E-state index in [4.69, 9.17) is 4.74 Å². The predicted octanol–water partition coefficient (Wildman–Crippen LogP) is 2.15. The maximum atomic E-state index is 11.8. The van der Waals surface area contributed by atoms with Crippen LogP contribution in [0.1, 0.15) is 6.42 Å². The Balaban J connectivity index is 0.00000180. The minimum absolute atomic E-state index is 0. The molecule has 0 aliphatic carbocycles. The number of thioether (sulfide) groups is 1. The standard InChI is InChI=1S/C13H18N2O2S.ClH/c1-17-12-4-2-10(3-5-12)15-13(16)8-11-9-18-7-6-14-11;/h2-5,11,14H,6-9H2,1H3,(H,15,16);1H. The minimum atomic E-state index is 0. The number of methoxy groups -OCH3 is 1. The first kappa shape index (κ1) is 16.1. The van der Waals surface area contributed by atoms with Crippen molar-refractivity contribution in [2.45, 2.75) is 12.5 Å². The van der Waals surface area contributed by atoms with Crippen molar-refractivity contribution in [3.63, 3.8) is 0 Å². The Hall–Kier alpha value is -0.910. The first-order valence-electron chi connectivity index (χ1n) is 6.03. The van der Waals surface area contributed by atoms with Gasteiger partial charge in [-0.2, -0.15) is 11.8 Å². The highest BCUT2D eigenvalue weighted by atomic mass is 35.5. The Bertz CT molecular complexity index is 394. The Labute approximate surface area is 124 Å². The van der Waals surface area contributed by atoms with Crippen molar-refractivity contribution in [1.82, 2.24) is 5.32 Å². The molecule has 0 bridgehead atoms. The quantitative estimate of drug-likeness (QED) is 0.895. The van der Waals surface area contributed by atoms with Crippen LogP contribution in [0.3, 0.4) is 0 Å². The number of hydrogen-bond acceptors (Lipinski definition) is 4. The van der Waals surface area contributed by atoms with Gasteiger partial charge in [-0.15, -0.1) is 12.4 Å². The lowest BCUT2D eigenvalue weighted by molar-refractivity contribution is -0.116. The van der Waals surface area contributed by atoms with Gasteiger partial charge in [-0.05, 0) is 24.3 Å². The average Bonchev–Trinajstić information content (AvgIpc) is 2.40. The first-order chi connectivity index (χ1) is 8.78. The van der Waals surface area contributed by atoms with Gasteiger partial charge >= 0.3 is 0 Å². The van der Waals surface area contributed by atoms with E-state index < -0.39 is 0 Å². The van der Waals surface area contributed by atoms with Gasteiger partial charge in [0, 0.05) is 36.2 Å². The molecule has 6 heteroatoms. The van der Waals surface area contributed by atoms with E-state index in [0.29, 0.717) is 12.5 Å². The summed E-state index contributed by atoms with van der Waals surface area (Å²) in [7, 11) is 1.62.